The minimum absolute atomic E-state index is 0.0735. The van der Waals surface area contributed by atoms with Crippen LogP contribution in [-0.2, 0) is 6.18 Å². The Morgan fingerprint density at radius 1 is 1.03 bits per heavy atom. The summed E-state index contributed by atoms with van der Waals surface area (Å²) < 4.78 is 37.4. The van der Waals surface area contributed by atoms with E-state index >= 15 is 0 Å². The van der Waals surface area contributed by atoms with Gasteiger partial charge in [0.25, 0.3) is 5.91 Å². The summed E-state index contributed by atoms with van der Waals surface area (Å²) in [4.78, 5) is 12.4. The van der Waals surface area contributed by atoms with Crippen LogP contribution in [0.4, 0.5) is 18.9 Å². The molecule has 156 valence electrons. The predicted molar refractivity (Wildman–Crippen MR) is 122 cm³/mol. The Labute approximate surface area is 198 Å². The summed E-state index contributed by atoms with van der Waals surface area (Å²) in [6.45, 7) is 0. The lowest BCUT2D eigenvalue weighted by Gasteiger charge is -2.28. The molecule has 2 aromatic rings. The Hall–Kier alpha value is -1.01. The van der Waals surface area contributed by atoms with Crippen molar-refractivity contribution in [1.82, 2.24) is 10.6 Å². The Kier molecular flexibility index (Phi) is 8.25. The second kappa shape index (κ2) is 9.86. The number of carbonyl (C=O) groups excluding carboxylic acids is 1. The molecule has 12 heteroatoms. The first kappa shape index (κ1) is 24.3. The number of rotatable bonds is 4. The van der Waals surface area contributed by atoms with Crippen LogP contribution in [0, 0.1) is 3.57 Å². The van der Waals surface area contributed by atoms with E-state index < -0.39 is 27.6 Å². The second-order valence-electron chi connectivity index (χ2n) is 5.63. The van der Waals surface area contributed by atoms with E-state index in [0.29, 0.717) is 5.56 Å². The molecule has 0 spiro atoms. The fourth-order valence-electron chi connectivity index (χ4n) is 2.09. The quantitative estimate of drug-likeness (QED) is 0.183. The van der Waals surface area contributed by atoms with E-state index in [1.54, 1.807) is 24.3 Å². The van der Waals surface area contributed by atoms with E-state index in [2.05, 4.69) is 38.5 Å². The number of hydrogen-bond donors (Lipinski definition) is 3. The van der Waals surface area contributed by atoms with Crippen LogP contribution in [0.15, 0.2) is 48.5 Å². The van der Waals surface area contributed by atoms with Gasteiger partial charge < -0.3 is 16.0 Å². The number of carbonyl (C=O) groups is 1. The van der Waals surface area contributed by atoms with Crippen molar-refractivity contribution in [3.8, 4) is 0 Å². The van der Waals surface area contributed by atoms with Gasteiger partial charge in [0.15, 0.2) is 5.11 Å². The highest BCUT2D eigenvalue weighted by molar-refractivity contribution is 14.1. The molecule has 29 heavy (non-hydrogen) atoms. The molecule has 0 fully saturated rings. The van der Waals surface area contributed by atoms with Crippen molar-refractivity contribution in [2.24, 2.45) is 0 Å². The normalized spacial score (nSPS) is 12.8. The van der Waals surface area contributed by atoms with Crippen LogP contribution in [0.1, 0.15) is 15.9 Å². The third-order valence-corrected chi connectivity index (χ3v) is 5.03. The summed E-state index contributed by atoms with van der Waals surface area (Å²) >= 11 is 24.9. The van der Waals surface area contributed by atoms with Gasteiger partial charge >= 0.3 is 6.18 Å². The van der Waals surface area contributed by atoms with Crippen LogP contribution in [0.2, 0.25) is 0 Å². The molecule has 0 heterocycles. The van der Waals surface area contributed by atoms with Gasteiger partial charge in [0.2, 0.25) is 3.79 Å². The van der Waals surface area contributed by atoms with Crippen molar-refractivity contribution in [1.29, 1.82) is 0 Å². The standard InChI is InChI=1S/C17H12Cl3F3IN3OS/c18-16(19,20)14(26-13(28)9-4-6-11(24)7-5-9)27-15(29)25-12-3-1-2-10(8-12)17(21,22)23/h1-8,14H,(H,26,28)(H2,25,27,29). The number of amides is 1. The minimum Gasteiger partial charge on any atom is -0.339 e. The average Bonchev–Trinajstić information content (AvgIpc) is 2.60. The van der Waals surface area contributed by atoms with Gasteiger partial charge in [-0.05, 0) is 77.3 Å². The maximum absolute atomic E-state index is 12.8. The van der Waals surface area contributed by atoms with E-state index in [4.69, 9.17) is 47.0 Å². The lowest BCUT2D eigenvalue weighted by atomic mass is 10.2. The lowest BCUT2D eigenvalue weighted by molar-refractivity contribution is -0.137. The van der Waals surface area contributed by atoms with E-state index in [9.17, 15) is 18.0 Å². The van der Waals surface area contributed by atoms with Gasteiger partial charge in [0.05, 0.1) is 5.56 Å². The van der Waals surface area contributed by atoms with Crippen LogP contribution in [0.25, 0.3) is 0 Å². The maximum atomic E-state index is 12.8. The lowest BCUT2D eigenvalue weighted by Crippen LogP contribution is -2.56. The molecule has 0 saturated heterocycles. The topological polar surface area (TPSA) is 53.2 Å². The minimum atomic E-state index is -4.51. The molecular formula is C17H12Cl3F3IN3OS. The second-order valence-corrected chi connectivity index (χ2v) is 9.65. The van der Waals surface area contributed by atoms with Gasteiger partial charge in [-0.25, -0.2) is 0 Å². The molecule has 0 aliphatic carbocycles. The zero-order valence-electron chi connectivity index (χ0n) is 14.2. The summed E-state index contributed by atoms with van der Waals surface area (Å²) in [6, 6.07) is 11.0. The van der Waals surface area contributed by atoms with Crippen LogP contribution >= 0.6 is 69.6 Å². The zero-order valence-corrected chi connectivity index (χ0v) is 19.4. The molecule has 0 radical (unpaired) electrons. The predicted octanol–water partition coefficient (Wildman–Crippen LogP) is 5.72. The van der Waals surface area contributed by atoms with Gasteiger partial charge in [0.1, 0.15) is 6.17 Å². The van der Waals surface area contributed by atoms with Gasteiger partial charge in [-0.3, -0.25) is 4.79 Å². The van der Waals surface area contributed by atoms with E-state index in [-0.39, 0.29) is 10.8 Å². The summed E-state index contributed by atoms with van der Waals surface area (Å²) in [7, 11) is 0. The van der Waals surface area contributed by atoms with Crippen LogP contribution in [0.5, 0.6) is 0 Å². The first-order chi connectivity index (χ1) is 13.4. The number of nitrogens with one attached hydrogen (secondary N) is 3. The number of hydrogen-bond acceptors (Lipinski definition) is 2. The molecule has 4 nitrogen and oxygen atoms in total. The Morgan fingerprint density at radius 3 is 2.21 bits per heavy atom. The Morgan fingerprint density at radius 2 is 1.66 bits per heavy atom. The van der Waals surface area contributed by atoms with Crippen LogP contribution < -0.4 is 16.0 Å². The average molecular weight is 597 g/mol. The molecule has 0 aliphatic rings. The van der Waals surface area contributed by atoms with E-state index in [0.717, 1.165) is 15.7 Å². The highest BCUT2D eigenvalue weighted by Gasteiger charge is 2.35. The molecule has 1 atom stereocenters. The molecule has 3 N–H and O–H groups in total. The largest absolute Gasteiger partial charge is 0.416 e. The highest BCUT2D eigenvalue weighted by atomic mass is 127. The summed E-state index contributed by atoms with van der Waals surface area (Å²) in [5.41, 5.74) is -0.456. The number of anilines is 1. The smallest absolute Gasteiger partial charge is 0.339 e. The molecule has 0 aromatic heterocycles. The number of benzene rings is 2. The molecule has 0 bridgehead atoms. The molecule has 1 unspecified atom stereocenters. The zero-order chi connectivity index (χ0) is 21.8. The van der Waals surface area contributed by atoms with Gasteiger partial charge in [-0.2, -0.15) is 13.2 Å². The van der Waals surface area contributed by atoms with Crippen molar-refractivity contribution in [2.75, 3.05) is 5.32 Å². The van der Waals surface area contributed by atoms with Gasteiger partial charge in [0, 0.05) is 14.8 Å². The third-order valence-electron chi connectivity index (χ3n) is 3.43. The van der Waals surface area contributed by atoms with Crippen molar-refractivity contribution in [3.63, 3.8) is 0 Å². The number of alkyl halides is 6. The van der Waals surface area contributed by atoms with Crippen molar-refractivity contribution in [3.05, 3.63) is 63.2 Å². The summed E-state index contributed by atoms with van der Waals surface area (Å²) in [6.07, 6.45) is -5.76. The molecule has 0 saturated carbocycles. The van der Waals surface area contributed by atoms with Crippen LogP contribution in [-0.4, -0.2) is 21.0 Å². The molecule has 1 amide bonds. The SMILES string of the molecule is O=C(NC(NC(=S)Nc1cccc(C(F)(F)F)c1)C(Cl)(Cl)Cl)c1ccc(I)cc1. The molecular weight excluding hydrogens is 585 g/mol. The summed E-state index contributed by atoms with van der Waals surface area (Å²) in [5.74, 6) is -0.535. The number of thiocarbonyl (C=S) groups is 1. The van der Waals surface area contributed by atoms with Crippen molar-refractivity contribution < 1.29 is 18.0 Å². The van der Waals surface area contributed by atoms with Gasteiger partial charge in [-0.15, -0.1) is 0 Å². The van der Waals surface area contributed by atoms with Crippen molar-refractivity contribution in [2.45, 2.75) is 16.1 Å². The van der Waals surface area contributed by atoms with E-state index in [1.165, 1.54) is 12.1 Å². The highest BCUT2D eigenvalue weighted by Crippen LogP contribution is 2.31. The van der Waals surface area contributed by atoms with Gasteiger partial charge in [-0.1, -0.05) is 40.9 Å². The Bertz CT molecular complexity index is 892. The van der Waals surface area contributed by atoms with E-state index in [1.807, 2.05) is 0 Å². The maximum Gasteiger partial charge on any atom is 0.416 e. The molecule has 2 aromatic carbocycles. The monoisotopic (exact) mass is 595 g/mol. The van der Waals surface area contributed by atoms with Crippen molar-refractivity contribution >= 4 is 86.3 Å². The fraction of sp³-hybridized carbons (Fsp3) is 0.176. The molecule has 0 aliphatic heterocycles. The first-order valence-corrected chi connectivity index (χ1v) is 10.4. The molecule has 2 rings (SSSR count). The Balaban J connectivity index is 2.09. The van der Waals surface area contributed by atoms with Crippen LogP contribution in [0.3, 0.4) is 0 Å². The summed E-state index contributed by atoms with van der Waals surface area (Å²) in [5, 5.41) is 7.49. The fourth-order valence-corrected chi connectivity index (χ4v) is 3.01. The first-order valence-electron chi connectivity index (χ1n) is 7.74. The third kappa shape index (κ3) is 7.63. The number of halogens is 7.